The highest BCUT2D eigenvalue weighted by Crippen LogP contribution is 2.31. The van der Waals surface area contributed by atoms with Crippen LogP contribution >= 0.6 is 0 Å². The molecule has 1 aliphatic heterocycles. The van der Waals surface area contributed by atoms with Crippen molar-refractivity contribution >= 4 is 17.5 Å². The molecule has 2 aromatic rings. The van der Waals surface area contributed by atoms with Crippen molar-refractivity contribution in [3.63, 3.8) is 0 Å². The van der Waals surface area contributed by atoms with Gasteiger partial charge in [-0.1, -0.05) is 36.4 Å². The summed E-state index contributed by atoms with van der Waals surface area (Å²) in [7, 11) is 0. The van der Waals surface area contributed by atoms with Crippen LogP contribution in [0.5, 0.6) is 0 Å². The first-order valence-corrected chi connectivity index (χ1v) is 8.43. The van der Waals surface area contributed by atoms with E-state index in [0.29, 0.717) is 6.54 Å². The Bertz CT molecular complexity index is 823. The van der Waals surface area contributed by atoms with Crippen LogP contribution in [0.2, 0.25) is 0 Å². The van der Waals surface area contributed by atoms with E-state index >= 15 is 0 Å². The highest BCUT2D eigenvalue weighted by molar-refractivity contribution is 5.97. The number of likely N-dealkylation sites (tertiary alicyclic amines) is 1. The second-order valence-corrected chi connectivity index (χ2v) is 6.15. The fourth-order valence-electron chi connectivity index (χ4n) is 3.21. The molecule has 26 heavy (non-hydrogen) atoms. The van der Waals surface area contributed by atoms with Crippen molar-refractivity contribution in [3.05, 3.63) is 75.8 Å². The van der Waals surface area contributed by atoms with Crippen LogP contribution in [0.4, 0.5) is 5.69 Å². The molecule has 1 aliphatic rings. The molecule has 1 fully saturated rings. The Balaban J connectivity index is 1.62. The van der Waals surface area contributed by atoms with E-state index in [2.05, 4.69) is 5.32 Å². The van der Waals surface area contributed by atoms with E-state index in [4.69, 9.17) is 0 Å². The molecule has 0 bridgehead atoms. The highest BCUT2D eigenvalue weighted by Gasteiger charge is 2.29. The van der Waals surface area contributed by atoms with Gasteiger partial charge in [0.1, 0.15) is 0 Å². The average molecular weight is 353 g/mol. The fraction of sp³-hybridized carbons (Fsp3) is 0.263. The minimum atomic E-state index is -0.559. The summed E-state index contributed by atoms with van der Waals surface area (Å²) in [4.78, 5) is 36.8. The quantitative estimate of drug-likeness (QED) is 0.661. The minimum Gasteiger partial charge on any atom is -0.343 e. The monoisotopic (exact) mass is 353 g/mol. The van der Waals surface area contributed by atoms with Crippen molar-refractivity contribution in [2.24, 2.45) is 0 Å². The zero-order valence-electron chi connectivity index (χ0n) is 14.1. The molecule has 1 N–H and O–H groups in total. The van der Waals surface area contributed by atoms with Crippen molar-refractivity contribution in [2.75, 3.05) is 13.1 Å². The molecule has 1 atom stereocenters. The molecule has 0 aliphatic carbocycles. The Labute approximate surface area is 150 Å². The van der Waals surface area contributed by atoms with E-state index in [0.717, 1.165) is 18.4 Å². The van der Waals surface area contributed by atoms with E-state index < -0.39 is 10.8 Å². The molecule has 2 amide bonds. The van der Waals surface area contributed by atoms with E-state index in [9.17, 15) is 19.7 Å². The van der Waals surface area contributed by atoms with E-state index in [1.165, 1.54) is 24.3 Å². The number of amides is 2. The van der Waals surface area contributed by atoms with Gasteiger partial charge in [0.25, 0.3) is 11.6 Å². The van der Waals surface area contributed by atoms with Crippen molar-refractivity contribution in [1.82, 2.24) is 10.2 Å². The average Bonchev–Trinajstić information content (AvgIpc) is 3.16. The molecule has 0 saturated carbocycles. The topological polar surface area (TPSA) is 92.6 Å². The van der Waals surface area contributed by atoms with Gasteiger partial charge in [0.15, 0.2) is 0 Å². The van der Waals surface area contributed by atoms with Crippen molar-refractivity contribution in [3.8, 4) is 0 Å². The summed E-state index contributed by atoms with van der Waals surface area (Å²) in [6.45, 7) is 0.524. The summed E-state index contributed by atoms with van der Waals surface area (Å²) in [6.07, 6.45) is 1.82. The summed E-state index contributed by atoms with van der Waals surface area (Å²) in [6, 6.07) is 15.3. The Hall–Kier alpha value is -3.22. The molecule has 0 unspecified atom stereocenters. The molecule has 1 saturated heterocycles. The van der Waals surface area contributed by atoms with Gasteiger partial charge in [0.05, 0.1) is 17.5 Å². The molecule has 7 heteroatoms. The zero-order valence-corrected chi connectivity index (χ0v) is 14.1. The van der Waals surface area contributed by atoms with Gasteiger partial charge in [-0.3, -0.25) is 19.7 Å². The Morgan fingerprint density at radius 1 is 1.15 bits per heavy atom. The van der Waals surface area contributed by atoms with Crippen LogP contribution in [0.15, 0.2) is 54.6 Å². The van der Waals surface area contributed by atoms with E-state index in [1.807, 2.05) is 30.3 Å². The van der Waals surface area contributed by atoms with Crippen molar-refractivity contribution in [2.45, 2.75) is 18.9 Å². The standard InChI is InChI=1S/C19H19N3O4/c23-18(21-11-5-10-17(21)14-6-2-1-3-7-14)13-20-19(24)15-8-4-9-16(12-15)22(25)26/h1-4,6-9,12,17H,5,10-11,13H2,(H,20,24)/t17-/m0/s1. The smallest absolute Gasteiger partial charge is 0.270 e. The van der Waals surface area contributed by atoms with Gasteiger partial charge in [-0.15, -0.1) is 0 Å². The lowest BCUT2D eigenvalue weighted by atomic mass is 10.0. The normalized spacial score (nSPS) is 16.3. The Morgan fingerprint density at radius 3 is 2.65 bits per heavy atom. The second-order valence-electron chi connectivity index (χ2n) is 6.15. The van der Waals surface area contributed by atoms with Crippen LogP contribution in [-0.2, 0) is 4.79 Å². The summed E-state index contributed by atoms with van der Waals surface area (Å²) in [5, 5.41) is 13.4. The van der Waals surface area contributed by atoms with Crippen molar-refractivity contribution in [1.29, 1.82) is 0 Å². The second kappa shape index (κ2) is 7.77. The number of nitro groups is 1. The molecular formula is C19H19N3O4. The largest absolute Gasteiger partial charge is 0.343 e. The van der Waals surface area contributed by atoms with E-state index in [1.54, 1.807) is 4.90 Å². The SMILES string of the molecule is O=C(NCC(=O)N1CCC[C@H]1c1ccccc1)c1cccc([N+](=O)[O-])c1. The Morgan fingerprint density at radius 2 is 1.92 bits per heavy atom. The first-order valence-electron chi connectivity index (χ1n) is 8.43. The summed E-state index contributed by atoms with van der Waals surface area (Å²) in [5.74, 6) is -0.660. The van der Waals surface area contributed by atoms with Crippen LogP contribution in [0, 0.1) is 10.1 Å². The van der Waals surface area contributed by atoms with Gasteiger partial charge in [0, 0.05) is 24.2 Å². The van der Waals surface area contributed by atoms with Gasteiger partial charge in [0.2, 0.25) is 5.91 Å². The van der Waals surface area contributed by atoms with Gasteiger partial charge in [-0.05, 0) is 24.5 Å². The molecule has 134 valence electrons. The molecule has 7 nitrogen and oxygen atoms in total. The first-order chi connectivity index (χ1) is 12.6. The fourth-order valence-corrected chi connectivity index (χ4v) is 3.21. The maximum Gasteiger partial charge on any atom is 0.270 e. The number of carbonyl (C=O) groups is 2. The van der Waals surface area contributed by atoms with Gasteiger partial charge >= 0.3 is 0 Å². The third-order valence-corrected chi connectivity index (χ3v) is 4.48. The third-order valence-electron chi connectivity index (χ3n) is 4.48. The lowest BCUT2D eigenvalue weighted by molar-refractivity contribution is -0.384. The summed E-state index contributed by atoms with van der Waals surface area (Å²) in [5.41, 5.74) is 1.09. The molecule has 0 aromatic heterocycles. The van der Waals surface area contributed by atoms with Crippen molar-refractivity contribution < 1.29 is 14.5 Å². The summed E-state index contributed by atoms with van der Waals surface area (Å²) >= 11 is 0. The number of rotatable bonds is 5. The minimum absolute atomic E-state index is 0.0263. The van der Waals surface area contributed by atoms with Gasteiger partial charge in [-0.25, -0.2) is 0 Å². The maximum atomic E-state index is 12.5. The number of non-ortho nitro benzene ring substituents is 1. The first kappa shape index (κ1) is 17.6. The number of hydrogen-bond acceptors (Lipinski definition) is 4. The molecule has 1 heterocycles. The van der Waals surface area contributed by atoms with Crippen LogP contribution in [0.1, 0.15) is 34.8 Å². The molecule has 0 radical (unpaired) electrons. The maximum absolute atomic E-state index is 12.5. The molecular weight excluding hydrogens is 334 g/mol. The zero-order chi connectivity index (χ0) is 18.5. The summed E-state index contributed by atoms with van der Waals surface area (Å²) < 4.78 is 0. The predicted molar refractivity (Wildman–Crippen MR) is 95.6 cm³/mol. The number of carbonyl (C=O) groups excluding carboxylic acids is 2. The molecule has 0 spiro atoms. The van der Waals surface area contributed by atoms with E-state index in [-0.39, 0.29) is 29.7 Å². The predicted octanol–water partition coefficient (Wildman–Crippen LogP) is 2.69. The Kier molecular flexibility index (Phi) is 5.26. The lowest BCUT2D eigenvalue weighted by Crippen LogP contribution is -2.39. The van der Waals surface area contributed by atoms with Crippen LogP contribution in [-0.4, -0.2) is 34.7 Å². The third kappa shape index (κ3) is 3.88. The van der Waals surface area contributed by atoms with Gasteiger partial charge < -0.3 is 10.2 Å². The molecule has 3 rings (SSSR count). The number of benzene rings is 2. The van der Waals surface area contributed by atoms with Crippen LogP contribution in [0.3, 0.4) is 0 Å². The molecule has 2 aromatic carbocycles. The number of nitrogens with zero attached hydrogens (tertiary/aromatic N) is 2. The number of hydrogen-bond donors (Lipinski definition) is 1. The number of nitrogens with one attached hydrogen (secondary N) is 1. The van der Waals surface area contributed by atoms with Crippen LogP contribution in [0.25, 0.3) is 0 Å². The van der Waals surface area contributed by atoms with Crippen LogP contribution < -0.4 is 5.32 Å². The number of nitro benzene ring substituents is 1. The van der Waals surface area contributed by atoms with Gasteiger partial charge in [-0.2, -0.15) is 0 Å². The lowest BCUT2D eigenvalue weighted by Gasteiger charge is -2.25. The highest BCUT2D eigenvalue weighted by atomic mass is 16.6.